The van der Waals surface area contributed by atoms with Crippen molar-refractivity contribution in [1.29, 1.82) is 0 Å². The third kappa shape index (κ3) is 13.2. The Morgan fingerprint density at radius 2 is 1.53 bits per heavy atom. The molecule has 0 aromatic carbocycles. The topological polar surface area (TPSA) is 61.2 Å². The van der Waals surface area contributed by atoms with Crippen molar-refractivity contribution in [2.45, 2.75) is 51.4 Å². The van der Waals surface area contributed by atoms with E-state index < -0.39 is 0 Å². The van der Waals surface area contributed by atoms with E-state index in [2.05, 4.69) is 10.3 Å². The second-order valence-electron chi connectivity index (χ2n) is 4.43. The van der Waals surface area contributed by atoms with Gasteiger partial charge in [0.25, 0.3) is 0 Å². The van der Waals surface area contributed by atoms with E-state index in [4.69, 9.17) is 10.5 Å². The van der Waals surface area contributed by atoms with Crippen LogP contribution < -0.4 is 16.0 Å². The fourth-order valence-electron chi connectivity index (χ4n) is 1.77. The number of ether oxygens (including phenoxy) is 1. The standard InChI is InChI=1S/C13H29N3O/c1-15-11-9-7-5-3-4-6-8-10-12-16-13(14)17-2/h15H,3-12H2,1-2H3,(H2,14,16)/p+1. The summed E-state index contributed by atoms with van der Waals surface area (Å²) in [6, 6.07) is 0.425. The monoisotopic (exact) mass is 244 g/mol. The molecule has 4 N–H and O–H groups in total. The lowest BCUT2D eigenvalue weighted by Crippen LogP contribution is -2.75. The number of hydrogen-bond donors (Lipinski definition) is 3. The molecular formula is C13H30N3O+. The SMILES string of the molecule is CNCCCCCCCCCC[NH+]=C(N)OC. The molecule has 0 aromatic heterocycles. The van der Waals surface area contributed by atoms with Crippen LogP contribution in [0.5, 0.6) is 0 Å². The highest BCUT2D eigenvalue weighted by atomic mass is 16.5. The van der Waals surface area contributed by atoms with Gasteiger partial charge in [0.15, 0.2) is 0 Å². The van der Waals surface area contributed by atoms with Crippen LogP contribution in [0, 0.1) is 0 Å². The van der Waals surface area contributed by atoms with E-state index in [0.29, 0.717) is 6.02 Å². The summed E-state index contributed by atoms with van der Waals surface area (Å²) in [5.41, 5.74) is 5.47. The van der Waals surface area contributed by atoms with Crippen LogP contribution in [-0.2, 0) is 4.74 Å². The van der Waals surface area contributed by atoms with Gasteiger partial charge in [-0.1, -0.05) is 32.1 Å². The van der Waals surface area contributed by atoms with Gasteiger partial charge in [0, 0.05) is 0 Å². The molecule has 0 bridgehead atoms. The van der Waals surface area contributed by atoms with Gasteiger partial charge in [0.1, 0.15) is 0 Å². The molecule has 0 amide bonds. The van der Waals surface area contributed by atoms with Crippen LogP contribution in [0.15, 0.2) is 0 Å². The summed E-state index contributed by atoms with van der Waals surface area (Å²) in [7, 11) is 3.60. The minimum absolute atomic E-state index is 0.425. The first-order valence-corrected chi connectivity index (χ1v) is 6.86. The molecule has 0 radical (unpaired) electrons. The molecular weight excluding hydrogens is 214 g/mol. The Labute approximate surface area is 106 Å². The van der Waals surface area contributed by atoms with Gasteiger partial charge >= 0.3 is 6.02 Å². The normalized spacial score (nSPS) is 11.8. The highest BCUT2D eigenvalue weighted by molar-refractivity contribution is 5.64. The smallest absolute Gasteiger partial charge is 0.435 e. The fraction of sp³-hybridized carbons (Fsp3) is 0.923. The first kappa shape index (κ1) is 16.2. The third-order valence-corrected chi connectivity index (χ3v) is 2.87. The molecule has 0 atom stereocenters. The summed E-state index contributed by atoms with van der Waals surface area (Å²) >= 11 is 0. The van der Waals surface area contributed by atoms with E-state index in [-0.39, 0.29) is 0 Å². The quantitative estimate of drug-likeness (QED) is 0.279. The minimum Gasteiger partial charge on any atom is -0.435 e. The zero-order valence-corrected chi connectivity index (χ0v) is 11.6. The van der Waals surface area contributed by atoms with Gasteiger partial charge in [-0.15, -0.1) is 0 Å². The number of hydrogen-bond acceptors (Lipinski definition) is 2. The maximum Gasteiger partial charge on any atom is 0.439 e. The summed E-state index contributed by atoms with van der Waals surface area (Å²) in [5, 5.41) is 3.18. The lowest BCUT2D eigenvalue weighted by atomic mass is 10.1. The maximum absolute atomic E-state index is 5.47. The Kier molecular flexibility index (Phi) is 12.7. The summed E-state index contributed by atoms with van der Waals surface area (Å²) in [4.78, 5) is 3.02. The average molecular weight is 244 g/mol. The van der Waals surface area contributed by atoms with Gasteiger partial charge < -0.3 is 10.1 Å². The largest absolute Gasteiger partial charge is 0.439 e. The lowest BCUT2D eigenvalue weighted by Gasteiger charge is -2.01. The predicted molar refractivity (Wildman–Crippen MR) is 72.9 cm³/mol. The first-order valence-electron chi connectivity index (χ1n) is 6.86. The lowest BCUT2D eigenvalue weighted by molar-refractivity contribution is -0.468. The molecule has 17 heavy (non-hydrogen) atoms. The molecule has 0 saturated carbocycles. The van der Waals surface area contributed by atoms with Crippen molar-refractivity contribution in [3.8, 4) is 0 Å². The zero-order valence-electron chi connectivity index (χ0n) is 11.6. The maximum atomic E-state index is 5.47. The molecule has 0 spiro atoms. The number of amidine groups is 1. The predicted octanol–water partition coefficient (Wildman–Crippen LogP) is 0.368. The van der Waals surface area contributed by atoms with E-state index in [1.54, 1.807) is 7.11 Å². The van der Waals surface area contributed by atoms with E-state index in [1.807, 2.05) is 7.05 Å². The summed E-state index contributed by atoms with van der Waals surface area (Å²) in [6.07, 6.45) is 10.6. The van der Waals surface area contributed by atoms with Crippen LogP contribution in [0.3, 0.4) is 0 Å². The Hall–Kier alpha value is -0.770. The zero-order chi connectivity index (χ0) is 12.8. The number of methoxy groups -OCH3 is 1. The highest BCUT2D eigenvalue weighted by Gasteiger charge is 1.95. The molecule has 0 unspecified atom stereocenters. The molecule has 0 aliphatic rings. The van der Waals surface area contributed by atoms with E-state index >= 15 is 0 Å². The van der Waals surface area contributed by atoms with Crippen molar-refractivity contribution in [2.75, 3.05) is 27.2 Å². The Bertz CT molecular complexity index is 184. The van der Waals surface area contributed by atoms with Crippen molar-refractivity contribution in [3.63, 3.8) is 0 Å². The van der Waals surface area contributed by atoms with Gasteiger partial charge in [-0.25, -0.2) is 4.99 Å². The molecule has 4 heteroatoms. The van der Waals surface area contributed by atoms with Crippen LogP contribution in [0.4, 0.5) is 0 Å². The Morgan fingerprint density at radius 1 is 1.00 bits per heavy atom. The molecule has 0 aliphatic heterocycles. The molecule has 0 fully saturated rings. The van der Waals surface area contributed by atoms with Crippen LogP contribution in [0.1, 0.15) is 51.4 Å². The fourth-order valence-corrected chi connectivity index (χ4v) is 1.77. The van der Waals surface area contributed by atoms with Gasteiger partial charge in [0.05, 0.1) is 13.7 Å². The van der Waals surface area contributed by atoms with Crippen LogP contribution >= 0.6 is 0 Å². The van der Waals surface area contributed by atoms with Gasteiger partial charge in [-0.05, 0) is 32.9 Å². The van der Waals surface area contributed by atoms with Gasteiger partial charge in [-0.3, -0.25) is 5.73 Å². The van der Waals surface area contributed by atoms with Crippen molar-refractivity contribution in [3.05, 3.63) is 0 Å². The summed E-state index contributed by atoms with van der Waals surface area (Å²) in [6.45, 7) is 2.07. The number of rotatable bonds is 11. The van der Waals surface area contributed by atoms with Crippen LogP contribution in [0.25, 0.3) is 0 Å². The van der Waals surface area contributed by atoms with E-state index in [0.717, 1.165) is 13.1 Å². The van der Waals surface area contributed by atoms with Crippen molar-refractivity contribution in [1.82, 2.24) is 5.32 Å². The average Bonchev–Trinajstić information content (AvgIpc) is 2.35. The number of nitrogens with two attached hydrogens (primary N) is 1. The molecule has 4 nitrogen and oxygen atoms in total. The van der Waals surface area contributed by atoms with E-state index in [1.165, 1.54) is 51.4 Å². The molecule has 0 saturated heterocycles. The molecule has 102 valence electrons. The van der Waals surface area contributed by atoms with Gasteiger partial charge in [-0.2, -0.15) is 0 Å². The number of unbranched alkanes of at least 4 members (excludes halogenated alkanes) is 7. The second kappa shape index (κ2) is 13.3. The highest BCUT2D eigenvalue weighted by Crippen LogP contribution is 2.07. The second-order valence-corrected chi connectivity index (χ2v) is 4.43. The van der Waals surface area contributed by atoms with Gasteiger partial charge in [0.2, 0.25) is 0 Å². The third-order valence-electron chi connectivity index (χ3n) is 2.87. The molecule has 0 aromatic rings. The molecule has 0 aliphatic carbocycles. The molecule has 0 heterocycles. The Balaban J connectivity index is 3.04. The minimum atomic E-state index is 0.425. The Morgan fingerprint density at radius 3 is 2.06 bits per heavy atom. The molecule has 0 rings (SSSR count). The van der Waals surface area contributed by atoms with Crippen LogP contribution in [0.2, 0.25) is 0 Å². The first-order chi connectivity index (χ1) is 8.31. The summed E-state index contributed by atoms with van der Waals surface area (Å²) in [5.74, 6) is 0. The van der Waals surface area contributed by atoms with Crippen molar-refractivity contribution < 1.29 is 9.73 Å². The van der Waals surface area contributed by atoms with Crippen molar-refractivity contribution >= 4 is 6.02 Å². The van der Waals surface area contributed by atoms with Crippen molar-refractivity contribution in [2.24, 2.45) is 5.73 Å². The van der Waals surface area contributed by atoms with Crippen LogP contribution in [-0.4, -0.2) is 33.3 Å². The summed E-state index contributed by atoms with van der Waals surface area (Å²) < 4.78 is 4.82. The number of nitrogens with one attached hydrogen (secondary N) is 2. The van der Waals surface area contributed by atoms with E-state index in [9.17, 15) is 0 Å².